The summed E-state index contributed by atoms with van der Waals surface area (Å²) in [4.78, 5) is 14.4. The van der Waals surface area contributed by atoms with E-state index in [0.717, 1.165) is 12.1 Å². The Bertz CT molecular complexity index is 404. The third-order valence-corrected chi connectivity index (χ3v) is 4.12. The summed E-state index contributed by atoms with van der Waals surface area (Å²) in [5.41, 5.74) is 6.83. The summed E-state index contributed by atoms with van der Waals surface area (Å²) in [7, 11) is 1.91. The summed E-state index contributed by atoms with van der Waals surface area (Å²) >= 11 is 0. The van der Waals surface area contributed by atoms with Crippen molar-refractivity contribution in [3.63, 3.8) is 0 Å². The van der Waals surface area contributed by atoms with Gasteiger partial charge < -0.3 is 10.6 Å². The Morgan fingerprint density at radius 1 is 1.30 bits per heavy atom. The first-order valence-corrected chi connectivity index (χ1v) is 7.22. The molecule has 0 saturated heterocycles. The van der Waals surface area contributed by atoms with Crippen LogP contribution in [0.2, 0.25) is 0 Å². The molecule has 0 spiro atoms. The molecule has 0 radical (unpaired) electrons. The minimum atomic E-state index is -0.201. The van der Waals surface area contributed by atoms with E-state index in [1.807, 2.05) is 42.3 Å². The lowest BCUT2D eigenvalue weighted by Crippen LogP contribution is -2.37. The van der Waals surface area contributed by atoms with Gasteiger partial charge in [-0.3, -0.25) is 4.79 Å². The number of nitrogens with zero attached hydrogens (tertiary/aromatic N) is 1. The van der Waals surface area contributed by atoms with Crippen LogP contribution >= 0.6 is 12.4 Å². The van der Waals surface area contributed by atoms with Gasteiger partial charge >= 0.3 is 0 Å². The van der Waals surface area contributed by atoms with Crippen LogP contribution in [-0.2, 0) is 4.79 Å². The Balaban J connectivity index is 0.00000200. The number of hydrogen-bond acceptors (Lipinski definition) is 2. The van der Waals surface area contributed by atoms with Gasteiger partial charge in [0.25, 0.3) is 0 Å². The topological polar surface area (TPSA) is 46.3 Å². The fourth-order valence-corrected chi connectivity index (χ4v) is 3.00. The highest BCUT2D eigenvalue weighted by Crippen LogP contribution is 2.26. The summed E-state index contributed by atoms with van der Waals surface area (Å²) < 4.78 is 0. The second kappa shape index (κ2) is 8.28. The highest BCUT2D eigenvalue weighted by Gasteiger charge is 2.25. The second-order valence-corrected chi connectivity index (χ2v) is 5.57. The van der Waals surface area contributed by atoms with Crippen molar-refractivity contribution in [3.8, 4) is 0 Å². The molecule has 1 fully saturated rings. The summed E-state index contributed by atoms with van der Waals surface area (Å²) in [6.45, 7) is 1.25. The van der Waals surface area contributed by atoms with Crippen LogP contribution in [0.25, 0.3) is 0 Å². The third kappa shape index (κ3) is 4.22. The molecule has 1 unspecified atom stereocenters. The standard InChI is InChI=1S/C16H24N2O.ClH/c1-18(12-13-7-5-6-8-13)16(19)15(11-17)14-9-3-2-4-10-14;/h2-4,9-10,13,15H,5-8,11-12,17H2,1H3;1H. The molecule has 1 amide bonds. The molecule has 1 atom stereocenters. The van der Waals surface area contributed by atoms with Crippen LogP contribution < -0.4 is 5.73 Å². The van der Waals surface area contributed by atoms with E-state index in [1.54, 1.807) is 0 Å². The summed E-state index contributed by atoms with van der Waals surface area (Å²) in [5.74, 6) is 0.636. The van der Waals surface area contributed by atoms with Gasteiger partial charge in [-0.1, -0.05) is 43.2 Å². The normalized spacial score (nSPS) is 16.5. The molecule has 4 heteroatoms. The van der Waals surface area contributed by atoms with Gasteiger partial charge in [-0.25, -0.2) is 0 Å². The minimum absolute atomic E-state index is 0. The number of carbonyl (C=O) groups is 1. The quantitative estimate of drug-likeness (QED) is 0.908. The first-order chi connectivity index (χ1) is 9.22. The molecule has 1 aromatic rings. The van der Waals surface area contributed by atoms with Gasteiger partial charge in [0.1, 0.15) is 0 Å². The van der Waals surface area contributed by atoms with E-state index in [0.29, 0.717) is 12.5 Å². The number of benzene rings is 1. The highest BCUT2D eigenvalue weighted by molar-refractivity contribution is 5.85. The first kappa shape index (κ1) is 17.0. The molecule has 1 saturated carbocycles. The third-order valence-electron chi connectivity index (χ3n) is 4.12. The molecule has 20 heavy (non-hydrogen) atoms. The van der Waals surface area contributed by atoms with E-state index < -0.39 is 0 Å². The molecule has 1 aliphatic rings. The van der Waals surface area contributed by atoms with Crippen LogP contribution in [0.3, 0.4) is 0 Å². The van der Waals surface area contributed by atoms with Gasteiger partial charge in [0.15, 0.2) is 0 Å². The fraction of sp³-hybridized carbons (Fsp3) is 0.562. The Hall–Kier alpha value is -1.06. The van der Waals surface area contributed by atoms with Gasteiger partial charge in [0.05, 0.1) is 5.92 Å². The molecular formula is C16H25ClN2O. The van der Waals surface area contributed by atoms with Gasteiger partial charge in [-0.15, -0.1) is 12.4 Å². The van der Waals surface area contributed by atoms with Crippen molar-refractivity contribution in [2.75, 3.05) is 20.1 Å². The van der Waals surface area contributed by atoms with Crippen molar-refractivity contribution < 1.29 is 4.79 Å². The second-order valence-electron chi connectivity index (χ2n) is 5.57. The maximum Gasteiger partial charge on any atom is 0.231 e. The molecule has 2 rings (SSSR count). The summed E-state index contributed by atoms with van der Waals surface area (Å²) in [6, 6.07) is 9.85. The Morgan fingerprint density at radius 3 is 2.45 bits per heavy atom. The lowest BCUT2D eigenvalue weighted by atomic mass is 9.97. The van der Waals surface area contributed by atoms with Crippen LogP contribution in [0, 0.1) is 5.92 Å². The molecular weight excluding hydrogens is 272 g/mol. The number of hydrogen-bond donors (Lipinski definition) is 1. The minimum Gasteiger partial charge on any atom is -0.345 e. The van der Waals surface area contributed by atoms with Crippen molar-refractivity contribution in [1.82, 2.24) is 4.90 Å². The zero-order chi connectivity index (χ0) is 13.7. The Kier molecular flexibility index (Phi) is 7.03. The average Bonchev–Trinajstić information content (AvgIpc) is 2.93. The lowest BCUT2D eigenvalue weighted by Gasteiger charge is -2.25. The predicted molar refractivity (Wildman–Crippen MR) is 85.1 cm³/mol. The van der Waals surface area contributed by atoms with Gasteiger partial charge in [0, 0.05) is 20.1 Å². The van der Waals surface area contributed by atoms with Crippen molar-refractivity contribution in [2.24, 2.45) is 11.7 Å². The molecule has 0 aromatic heterocycles. The Labute approximate surface area is 127 Å². The molecule has 2 N–H and O–H groups in total. The van der Waals surface area contributed by atoms with Crippen LogP contribution in [-0.4, -0.2) is 30.9 Å². The number of rotatable bonds is 5. The van der Waals surface area contributed by atoms with E-state index in [4.69, 9.17) is 5.73 Å². The zero-order valence-corrected chi connectivity index (χ0v) is 12.9. The van der Waals surface area contributed by atoms with E-state index >= 15 is 0 Å². The number of amides is 1. The largest absolute Gasteiger partial charge is 0.345 e. The van der Waals surface area contributed by atoms with E-state index in [9.17, 15) is 4.79 Å². The van der Waals surface area contributed by atoms with Crippen molar-refractivity contribution in [1.29, 1.82) is 0 Å². The molecule has 112 valence electrons. The summed E-state index contributed by atoms with van der Waals surface area (Å²) in [6.07, 6.45) is 5.14. The van der Waals surface area contributed by atoms with E-state index in [2.05, 4.69) is 0 Å². The molecule has 1 aromatic carbocycles. The number of carbonyl (C=O) groups excluding carboxylic acids is 1. The van der Waals surface area contributed by atoms with Crippen molar-refractivity contribution in [2.45, 2.75) is 31.6 Å². The predicted octanol–water partition coefficient (Wildman–Crippen LogP) is 2.80. The Morgan fingerprint density at radius 2 is 1.90 bits per heavy atom. The molecule has 0 bridgehead atoms. The van der Waals surface area contributed by atoms with Crippen LogP contribution in [0.15, 0.2) is 30.3 Å². The summed E-state index contributed by atoms with van der Waals surface area (Å²) in [5, 5.41) is 0. The molecule has 1 aliphatic carbocycles. The van der Waals surface area contributed by atoms with Crippen LogP contribution in [0.1, 0.15) is 37.2 Å². The highest BCUT2D eigenvalue weighted by atomic mass is 35.5. The average molecular weight is 297 g/mol. The fourth-order valence-electron chi connectivity index (χ4n) is 3.00. The molecule has 3 nitrogen and oxygen atoms in total. The molecule has 0 heterocycles. The van der Waals surface area contributed by atoms with E-state index in [-0.39, 0.29) is 24.2 Å². The smallest absolute Gasteiger partial charge is 0.231 e. The maximum atomic E-state index is 12.5. The SMILES string of the molecule is CN(CC1CCCC1)C(=O)C(CN)c1ccccc1.Cl. The zero-order valence-electron chi connectivity index (χ0n) is 12.1. The van der Waals surface area contributed by atoms with Gasteiger partial charge in [0.2, 0.25) is 5.91 Å². The monoisotopic (exact) mass is 296 g/mol. The van der Waals surface area contributed by atoms with Crippen molar-refractivity contribution in [3.05, 3.63) is 35.9 Å². The molecule has 0 aliphatic heterocycles. The maximum absolute atomic E-state index is 12.5. The first-order valence-electron chi connectivity index (χ1n) is 7.22. The number of halogens is 1. The van der Waals surface area contributed by atoms with Gasteiger partial charge in [-0.2, -0.15) is 0 Å². The number of nitrogens with two attached hydrogens (primary N) is 1. The van der Waals surface area contributed by atoms with Crippen LogP contribution in [0.4, 0.5) is 0 Å². The van der Waals surface area contributed by atoms with E-state index in [1.165, 1.54) is 25.7 Å². The van der Waals surface area contributed by atoms with Crippen LogP contribution in [0.5, 0.6) is 0 Å². The lowest BCUT2D eigenvalue weighted by molar-refractivity contribution is -0.131. The van der Waals surface area contributed by atoms with Gasteiger partial charge in [-0.05, 0) is 24.3 Å². The van der Waals surface area contributed by atoms with Crippen molar-refractivity contribution >= 4 is 18.3 Å². The number of likely N-dealkylation sites (N-methyl/N-ethyl adjacent to an activating group) is 1.